The van der Waals surface area contributed by atoms with Gasteiger partial charge in [-0.2, -0.15) is 0 Å². The average Bonchev–Trinajstić information content (AvgIpc) is 3.02. The summed E-state index contributed by atoms with van der Waals surface area (Å²) in [4.78, 5) is 24.2. The molecule has 0 aromatic heterocycles. The smallest absolute Gasteiger partial charge is 0.217 e. The van der Waals surface area contributed by atoms with Crippen molar-refractivity contribution in [2.24, 2.45) is 0 Å². The molecular weight excluding hydrogens is 588 g/mol. The Balaban J connectivity index is 1.56. The molecule has 13 heteroatoms. The molecule has 0 aliphatic carbocycles. The third-order valence-corrected chi connectivity index (χ3v) is 7.67. The van der Waals surface area contributed by atoms with Gasteiger partial charge in [0.05, 0.1) is 26.4 Å². The maximum Gasteiger partial charge on any atom is 0.217 e. The number of benzene rings is 2. The van der Waals surface area contributed by atoms with Crippen LogP contribution in [0.5, 0.6) is 0 Å². The molecular formula is C32H44N2O11. The molecule has 2 heterocycles. The molecule has 248 valence electrons. The minimum absolute atomic E-state index is 0.0202. The van der Waals surface area contributed by atoms with E-state index in [1.807, 2.05) is 60.7 Å². The molecule has 13 nitrogen and oxygen atoms in total. The zero-order valence-corrected chi connectivity index (χ0v) is 25.9. The highest BCUT2D eigenvalue weighted by atomic mass is 16.7. The lowest BCUT2D eigenvalue weighted by molar-refractivity contribution is -0.333. The van der Waals surface area contributed by atoms with Gasteiger partial charge in [-0.15, -0.1) is 0 Å². The normalized spacial score (nSPS) is 31.7. The predicted octanol–water partition coefficient (Wildman–Crippen LogP) is 0.648. The summed E-state index contributed by atoms with van der Waals surface area (Å²) in [5.41, 5.74) is 1.88. The maximum absolute atomic E-state index is 12.2. The quantitative estimate of drug-likeness (QED) is 0.231. The lowest BCUT2D eigenvalue weighted by atomic mass is 9.94. The summed E-state index contributed by atoms with van der Waals surface area (Å²) in [5, 5.41) is 28.3. The van der Waals surface area contributed by atoms with Gasteiger partial charge in [-0.1, -0.05) is 60.7 Å². The molecule has 0 saturated carbocycles. The zero-order valence-electron chi connectivity index (χ0n) is 25.9. The molecule has 10 atom stereocenters. The molecule has 2 saturated heterocycles. The number of methoxy groups -OCH3 is 2. The summed E-state index contributed by atoms with van der Waals surface area (Å²) in [5.74, 6) is -0.857. The van der Waals surface area contributed by atoms with E-state index in [4.69, 9.17) is 33.2 Å². The van der Waals surface area contributed by atoms with Gasteiger partial charge in [-0.05, 0) is 11.1 Å². The summed E-state index contributed by atoms with van der Waals surface area (Å²) in [7, 11) is 2.82. The van der Waals surface area contributed by atoms with Gasteiger partial charge in [0.1, 0.15) is 48.7 Å². The van der Waals surface area contributed by atoms with Crippen molar-refractivity contribution < 1.29 is 53.0 Å². The zero-order chi connectivity index (χ0) is 32.3. The molecule has 2 aliphatic heterocycles. The topological polar surface area (TPSA) is 163 Å². The van der Waals surface area contributed by atoms with Crippen LogP contribution in [-0.2, 0) is 56.0 Å². The molecule has 2 aromatic carbocycles. The van der Waals surface area contributed by atoms with Crippen molar-refractivity contribution in [1.82, 2.24) is 10.6 Å². The van der Waals surface area contributed by atoms with Crippen molar-refractivity contribution in [3.05, 3.63) is 71.8 Å². The molecule has 4 rings (SSSR count). The highest BCUT2D eigenvalue weighted by Crippen LogP contribution is 2.31. The molecule has 0 bridgehead atoms. The predicted molar refractivity (Wildman–Crippen MR) is 159 cm³/mol. The van der Waals surface area contributed by atoms with Crippen LogP contribution in [0.2, 0.25) is 0 Å². The summed E-state index contributed by atoms with van der Waals surface area (Å²) < 4.78 is 41.7. The molecule has 4 N–H and O–H groups in total. The Morgan fingerprint density at radius 3 is 1.60 bits per heavy atom. The van der Waals surface area contributed by atoms with Gasteiger partial charge in [0.15, 0.2) is 12.6 Å². The van der Waals surface area contributed by atoms with Gasteiger partial charge in [0, 0.05) is 28.1 Å². The fourth-order valence-electron chi connectivity index (χ4n) is 5.55. The molecule has 2 amide bonds. The lowest BCUT2D eigenvalue weighted by Crippen LogP contribution is -2.69. The Hall–Kier alpha value is -2.98. The largest absolute Gasteiger partial charge is 0.388 e. The fraction of sp³-hybridized carbons (Fsp3) is 0.562. The van der Waals surface area contributed by atoms with E-state index < -0.39 is 73.1 Å². The van der Waals surface area contributed by atoms with Crippen LogP contribution in [-0.4, -0.2) is 111 Å². The van der Waals surface area contributed by atoms with Crippen molar-refractivity contribution >= 4 is 11.8 Å². The van der Waals surface area contributed by atoms with E-state index in [9.17, 15) is 19.8 Å². The van der Waals surface area contributed by atoms with E-state index in [1.165, 1.54) is 28.1 Å². The van der Waals surface area contributed by atoms with Crippen molar-refractivity contribution in [2.75, 3.05) is 27.4 Å². The number of amides is 2. The summed E-state index contributed by atoms with van der Waals surface area (Å²) in [6.45, 7) is 3.18. The lowest BCUT2D eigenvalue weighted by Gasteiger charge is -2.48. The van der Waals surface area contributed by atoms with E-state index in [0.29, 0.717) is 6.61 Å². The second kappa shape index (κ2) is 17.1. The second-order valence-electron chi connectivity index (χ2n) is 11.1. The number of ether oxygens (including phenoxy) is 7. The summed E-state index contributed by atoms with van der Waals surface area (Å²) in [6, 6.07) is 17.0. The second-order valence-corrected chi connectivity index (χ2v) is 11.1. The van der Waals surface area contributed by atoms with Crippen molar-refractivity contribution in [3.8, 4) is 0 Å². The summed E-state index contributed by atoms with van der Waals surface area (Å²) in [6.07, 6.45) is -8.66. The Morgan fingerprint density at radius 1 is 0.689 bits per heavy atom. The van der Waals surface area contributed by atoms with E-state index >= 15 is 0 Å². The fourth-order valence-corrected chi connectivity index (χ4v) is 5.55. The van der Waals surface area contributed by atoms with Gasteiger partial charge in [-0.3, -0.25) is 9.59 Å². The minimum Gasteiger partial charge on any atom is -0.388 e. The van der Waals surface area contributed by atoms with E-state index in [1.54, 1.807) is 0 Å². The van der Waals surface area contributed by atoms with E-state index in [0.717, 1.165) is 11.1 Å². The molecule has 0 spiro atoms. The van der Waals surface area contributed by atoms with Crippen molar-refractivity contribution in [1.29, 1.82) is 0 Å². The molecule has 2 aromatic rings. The van der Waals surface area contributed by atoms with Crippen LogP contribution in [0.15, 0.2) is 60.7 Å². The van der Waals surface area contributed by atoms with Crippen LogP contribution >= 0.6 is 0 Å². The SMILES string of the molecule is CO[C@H]1O[C@H](COCc2ccccc2)[C@H](O[C@H]2O[C@H](COCc3ccccc3)[C@H](OC)[C@H](O)[C@H]2NC(C)=O)[C@H](O)[C@H]1NC(C)=O. The first-order chi connectivity index (χ1) is 21.7. The first-order valence-corrected chi connectivity index (χ1v) is 14.9. The molecule has 2 fully saturated rings. The third-order valence-electron chi connectivity index (χ3n) is 7.67. The van der Waals surface area contributed by atoms with Gasteiger partial charge < -0.3 is 54.0 Å². The standard InChI is InChI=1S/C32H44N2O11/c1-19(35)33-25-28(38)30(24(43-31(25)40-4)18-42-16-22-13-9-6-10-14-22)45-32-26(34-20(2)36)27(37)29(39-3)23(44-32)17-41-15-21-11-7-5-8-12-21/h5-14,23-32,37-38H,15-18H2,1-4H3,(H,33,35)(H,34,36)/t23-,24-,25-,26-,27-,28-,29+,30+,31+,32-/m1/s1. The van der Waals surface area contributed by atoms with Crippen molar-refractivity contribution in [2.45, 2.75) is 88.3 Å². The Labute approximate surface area is 263 Å². The Kier molecular flexibility index (Phi) is 13.2. The Morgan fingerprint density at radius 2 is 1.13 bits per heavy atom. The number of carbonyl (C=O) groups is 2. The van der Waals surface area contributed by atoms with Gasteiger partial charge in [-0.25, -0.2) is 0 Å². The van der Waals surface area contributed by atoms with Gasteiger partial charge >= 0.3 is 0 Å². The van der Waals surface area contributed by atoms with Gasteiger partial charge in [0.2, 0.25) is 11.8 Å². The number of aliphatic hydroxyl groups excluding tert-OH is 2. The average molecular weight is 633 g/mol. The number of hydrogen-bond acceptors (Lipinski definition) is 11. The van der Waals surface area contributed by atoms with Gasteiger partial charge in [0.25, 0.3) is 0 Å². The highest BCUT2D eigenvalue weighted by molar-refractivity contribution is 5.73. The van der Waals surface area contributed by atoms with E-state index in [2.05, 4.69) is 10.6 Å². The van der Waals surface area contributed by atoms with E-state index in [-0.39, 0.29) is 19.8 Å². The first-order valence-electron chi connectivity index (χ1n) is 14.9. The van der Waals surface area contributed by atoms with Crippen LogP contribution in [0.1, 0.15) is 25.0 Å². The minimum atomic E-state index is -1.36. The monoisotopic (exact) mass is 632 g/mol. The number of aliphatic hydroxyl groups is 2. The first kappa shape index (κ1) is 34.9. The molecule has 45 heavy (non-hydrogen) atoms. The van der Waals surface area contributed by atoms with Crippen LogP contribution in [0.4, 0.5) is 0 Å². The summed E-state index contributed by atoms with van der Waals surface area (Å²) >= 11 is 0. The van der Waals surface area contributed by atoms with Crippen molar-refractivity contribution in [3.63, 3.8) is 0 Å². The number of hydrogen-bond donors (Lipinski definition) is 4. The van der Waals surface area contributed by atoms with Crippen LogP contribution in [0.3, 0.4) is 0 Å². The number of carbonyl (C=O) groups excluding carboxylic acids is 2. The highest BCUT2D eigenvalue weighted by Gasteiger charge is 2.52. The number of rotatable bonds is 14. The molecule has 0 radical (unpaired) electrons. The Bertz CT molecular complexity index is 1190. The molecule has 2 aliphatic rings. The number of nitrogens with one attached hydrogen (secondary N) is 2. The van der Waals surface area contributed by atoms with Crippen LogP contribution in [0.25, 0.3) is 0 Å². The van der Waals surface area contributed by atoms with Crippen LogP contribution in [0, 0.1) is 0 Å². The third kappa shape index (κ3) is 9.51. The maximum atomic E-state index is 12.2. The molecule has 0 unspecified atom stereocenters. The van der Waals surface area contributed by atoms with Crippen LogP contribution < -0.4 is 10.6 Å².